The molecule has 0 saturated carbocycles. The highest BCUT2D eigenvalue weighted by Crippen LogP contribution is 2.25. The van der Waals surface area contributed by atoms with Gasteiger partial charge in [0.15, 0.2) is 5.96 Å². The molecule has 0 aliphatic heterocycles. The van der Waals surface area contributed by atoms with Gasteiger partial charge in [-0.3, -0.25) is 4.99 Å². The molecule has 0 radical (unpaired) electrons. The van der Waals surface area contributed by atoms with Gasteiger partial charge in [0.05, 0.1) is 12.9 Å². The summed E-state index contributed by atoms with van der Waals surface area (Å²) in [7, 11) is 0.0136. The Labute approximate surface area is 169 Å². The van der Waals surface area contributed by atoms with Gasteiger partial charge < -0.3 is 20.1 Å². The fourth-order valence-electron chi connectivity index (χ4n) is 1.97. The predicted molar refractivity (Wildman–Crippen MR) is 108 cm³/mol. The van der Waals surface area contributed by atoms with Crippen molar-refractivity contribution in [2.75, 3.05) is 32.7 Å². The summed E-state index contributed by atoms with van der Waals surface area (Å²) in [6, 6.07) is 4.52. The number of halogens is 3. The molecule has 1 aromatic carbocycles. The van der Waals surface area contributed by atoms with E-state index in [0.717, 1.165) is 0 Å². The summed E-state index contributed by atoms with van der Waals surface area (Å²) in [5.41, 5.74) is 0.471. The minimum Gasteiger partial charge on any atom is -0.497 e. The molecule has 0 aliphatic carbocycles. The molecule has 0 spiro atoms. The lowest BCUT2D eigenvalue weighted by Gasteiger charge is -2.15. The van der Waals surface area contributed by atoms with Crippen molar-refractivity contribution in [3.8, 4) is 11.5 Å². The third kappa shape index (κ3) is 9.94. The van der Waals surface area contributed by atoms with Crippen molar-refractivity contribution in [2.45, 2.75) is 19.6 Å². The molecule has 0 amide bonds. The van der Waals surface area contributed by atoms with E-state index in [1.54, 1.807) is 13.1 Å². The van der Waals surface area contributed by atoms with Crippen LogP contribution in [0.1, 0.15) is 12.0 Å². The molecule has 0 unspecified atom stereocenters. The minimum atomic E-state index is -3.01. The highest BCUT2D eigenvalue weighted by atomic mass is 127. The molecule has 26 heavy (non-hydrogen) atoms. The number of guanidine groups is 1. The lowest BCUT2D eigenvalue weighted by Crippen LogP contribution is -2.37. The summed E-state index contributed by atoms with van der Waals surface area (Å²) in [4.78, 5) is 4.00. The second kappa shape index (κ2) is 12.1. The van der Waals surface area contributed by atoms with Crippen LogP contribution >= 0.6 is 24.0 Å². The second-order valence-electron chi connectivity index (χ2n) is 5.19. The Bertz CT molecular complexity index is 687. The molecule has 1 aromatic rings. The van der Waals surface area contributed by atoms with Crippen molar-refractivity contribution in [3.63, 3.8) is 0 Å². The lowest BCUT2D eigenvalue weighted by molar-refractivity contribution is -0.0505. The molecule has 0 bridgehead atoms. The van der Waals surface area contributed by atoms with Crippen LogP contribution in [0.5, 0.6) is 11.5 Å². The van der Waals surface area contributed by atoms with Crippen LogP contribution < -0.4 is 20.1 Å². The van der Waals surface area contributed by atoms with Crippen molar-refractivity contribution >= 4 is 39.8 Å². The highest BCUT2D eigenvalue weighted by Gasteiger charge is 2.11. The van der Waals surface area contributed by atoms with Crippen molar-refractivity contribution in [3.05, 3.63) is 23.8 Å². The average Bonchev–Trinajstić information content (AvgIpc) is 2.53. The highest BCUT2D eigenvalue weighted by molar-refractivity contribution is 14.0. The zero-order valence-corrected chi connectivity index (χ0v) is 17.9. The van der Waals surface area contributed by atoms with Gasteiger partial charge in [-0.25, -0.2) is 8.42 Å². The van der Waals surface area contributed by atoms with E-state index < -0.39 is 16.4 Å². The normalized spacial score (nSPS) is 11.7. The van der Waals surface area contributed by atoms with Gasteiger partial charge in [-0.1, -0.05) is 0 Å². The Morgan fingerprint density at radius 2 is 2.00 bits per heavy atom. The van der Waals surface area contributed by atoms with E-state index in [1.165, 1.54) is 25.5 Å². The SMILES string of the molecule is CN=C(NCCCS(C)(=O)=O)NCc1cc(OC)ccc1OC(F)F.I. The quantitative estimate of drug-likeness (QED) is 0.230. The van der Waals surface area contributed by atoms with Gasteiger partial charge in [-0.15, -0.1) is 24.0 Å². The molecule has 0 atom stereocenters. The fraction of sp³-hybridized carbons (Fsp3) is 0.533. The van der Waals surface area contributed by atoms with Crippen molar-refractivity contribution in [1.82, 2.24) is 10.6 Å². The van der Waals surface area contributed by atoms with Gasteiger partial charge in [0.1, 0.15) is 21.3 Å². The number of aliphatic imine (C=N–C) groups is 1. The van der Waals surface area contributed by atoms with Crippen LogP contribution in [-0.2, 0) is 16.4 Å². The van der Waals surface area contributed by atoms with E-state index in [1.807, 2.05) is 0 Å². The number of methoxy groups -OCH3 is 1. The van der Waals surface area contributed by atoms with Gasteiger partial charge >= 0.3 is 6.61 Å². The average molecular weight is 507 g/mol. The van der Waals surface area contributed by atoms with Crippen LogP contribution in [0.15, 0.2) is 23.2 Å². The number of hydrogen-bond donors (Lipinski definition) is 2. The van der Waals surface area contributed by atoms with Gasteiger partial charge in [-0.05, 0) is 24.6 Å². The van der Waals surface area contributed by atoms with Crippen molar-refractivity contribution < 1.29 is 26.7 Å². The van der Waals surface area contributed by atoms with E-state index in [9.17, 15) is 17.2 Å². The summed E-state index contributed by atoms with van der Waals surface area (Å²) in [5, 5.41) is 5.91. The summed E-state index contributed by atoms with van der Waals surface area (Å²) >= 11 is 0. The number of ether oxygens (including phenoxy) is 2. The molecule has 0 aromatic heterocycles. The van der Waals surface area contributed by atoms with Crippen molar-refractivity contribution in [2.24, 2.45) is 4.99 Å². The Balaban J connectivity index is 0.00000625. The number of hydrogen-bond acceptors (Lipinski definition) is 5. The van der Waals surface area contributed by atoms with Gasteiger partial charge in [0.2, 0.25) is 0 Å². The first kappa shape index (κ1) is 24.6. The van der Waals surface area contributed by atoms with Gasteiger partial charge in [0.25, 0.3) is 0 Å². The summed E-state index contributed by atoms with van der Waals surface area (Å²) in [5.74, 6) is 1.03. The van der Waals surface area contributed by atoms with E-state index in [0.29, 0.717) is 30.2 Å². The Morgan fingerprint density at radius 1 is 1.31 bits per heavy atom. The van der Waals surface area contributed by atoms with E-state index in [-0.39, 0.29) is 42.0 Å². The third-order valence-electron chi connectivity index (χ3n) is 3.14. The Morgan fingerprint density at radius 3 is 2.54 bits per heavy atom. The number of benzene rings is 1. The smallest absolute Gasteiger partial charge is 0.387 e. The number of nitrogens with zero attached hydrogens (tertiary/aromatic N) is 1. The minimum absolute atomic E-state index is 0. The van der Waals surface area contributed by atoms with Crippen LogP contribution in [0.2, 0.25) is 0 Å². The Kier molecular flexibility index (Phi) is 11.5. The van der Waals surface area contributed by atoms with E-state index in [4.69, 9.17) is 4.74 Å². The first-order chi connectivity index (χ1) is 11.7. The number of rotatable bonds is 9. The molecule has 1 rings (SSSR count). The van der Waals surface area contributed by atoms with Crippen molar-refractivity contribution in [1.29, 1.82) is 0 Å². The monoisotopic (exact) mass is 507 g/mol. The van der Waals surface area contributed by atoms with E-state index >= 15 is 0 Å². The maximum atomic E-state index is 12.5. The first-order valence-electron chi connectivity index (χ1n) is 7.49. The fourth-order valence-corrected chi connectivity index (χ4v) is 2.64. The number of alkyl halides is 2. The number of sulfone groups is 1. The maximum Gasteiger partial charge on any atom is 0.387 e. The van der Waals surface area contributed by atoms with Crippen LogP contribution in [0.3, 0.4) is 0 Å². The second-order valence-corrected chi connectivity index (χ2v) is 7.45. The molecule has 0 aliphatic rings. The standard InChI is InChI=1S/C15H23F2N3O4S.HI/c1-18-15(19-7-4-8-25(3,21)22)20-10-11-9-12(23-2)5-6-13(11)24-14(16)17;/h5-6,9,14H,4,7-8,10H2,1-3H3,(H2,18,19,20);1H. The van der Waals surface area contributed by atoms with Crippen LogP contribution in [0.25, 0.3) is 0 Å². The molecule has 7 nitrogen and oxygen atoms in total. The maximum absolute atomic E-state index is 12.5. The molecular weight excluding hydrogens is 483 g/mol. The summed E-state index contributed by atoms with van der Waals surface area (Å²) in [6.45, 7) is -2.35. The van der Waals surface area contributed by atoms with E-state index in [2.05, 4.69) is 20.4 Å². The Hall–Kier alpha value is -1.37. The molecule has 0 fully saturated rings. The summed E-state index contributed by atoms with van der Waals surface area (Å²) in [6.07, 6.45) is 1.60. The van der Waals surface area contributed by atoms with Crippen LogP contribution in [0.4, 0.5) is 8.78 Å². The number of nitrogens with one attached hydrogen (secondary N) is 2. The molecule has 150 valence electrons. The summed E-state index contributed by atoms with van der Waals surface area (Å²) < 4.78 is 56.7. The first-order valence-corrected chi connectivity index (χ1v) is 9.55. The lowest BCUT2D eigenvalue weighted by atomic mass is 10.2. The molecular formula is C15H24F2IN3O4S. The van der Waals surface area contributed by atoms with Crippen LogP contribution in [-0.4, -0.2) is 53.7 Å². The van der Waals surface area contributed by atoms with Gasteiger partial charge in [0, 0.05) is 32.0 Å². The molecule has 11 heteroatoms. The molecule has 2 N–H and O–H groups in total. The zero-order valence-electron chi connectivity index (χ0n) is 14.8. The molecule has 0 heterocycles. The topological polar surface area (TPSA) is 89.0 Å². The van der Waals surface area contributed by atoms with Crippen LogP contribution in [0, 0.1) is 0 Å². The van der Waals surface area contributed by atoms with Gasteiger partial charge in [-0.2, -0.15) is 8.78 Å². The zero-order chi connectivity index (χ0) is 18.9. The largest absolute Gasteiger partial charge is 0.497 e. The third-order valence-corrected chi connectivity index (χ3v) is 4.17. The molecule has 0 saturated heterocycles. The predicted octanol–water partition coefficient (Wildman–Crippen LogP) is 2.01.